The maximum atomic E-state index is 6.55. The van der Waals surface area contributed by atoms with Gasteiger partial charge >= 0.3 is 0 Å². The van der Waals surface area contributed by atoms with Gasteiger partial charge in [0.05, 0.1) is 16.4 Å². The van der Waals surface area contributed by atoms with Crippen LogP contribution in [0.2, 0.25) is 0 Å². The average molecular weight is 607 g/mol. The maximum Gasteiger partial charge on any atom is 0.211 e. The van der Waals surface area contributed by atoms with Crippen LogP contribution in [-0.4, -0.2) is 16.4 Å². The van der Waals surface area contributed by atoms with Gasteiger partial charge in [-0.05, 0) is 52.1 Å². The molecule has 224 valence electrons. The van der Waals surface area contributed by atoms with E-state index in [-0.39, 0.29) is 5.41 Å². The molecular weight excluding hydrogens is 576 g/mol. The Bertz CT molecular complexity index is 2640. The average Bonchev–Trinajstić information content (AvgIpc) is 3.74. The standard InChI is InChI=1S/C42H30N4O/c1-42(2)32-17-9-6-14-27(32)28-21-20-26(24-33(28)42)40-43-39(25-12-4-3-5-13-25)44-41(45-40)46-34-18-10-7-16-31(34)37-35(46)23-22-30-29-15-8-11-19-36(29)47-38(30)37/h3-24,40H,1-2H3,(H,43,44,45). The van der Waals surface area contributed by atoms with Crippen LogP contribution in [0.15, 0.2) is 148 Å². The number of hydrogen-bond donors (Lipinski definition) is 1. The number of nitrogens with zero attached hydrogens (tertiary/aromatic N) is 3. The zero-order valence-corrected chi connectivity index (χ0v) is 26.0. The highest BCUT2D eigenvalue weighted by molar-refractivity contribution is 6.26. The van der Waals surface area contributed by atoms with Crippen molar-refractivity contribution < 1.29 is 4.42 Å². The van der Waals surface area contributed by atoms with Crippen LogP contribution in [-0.2, 0) is 5.41 Å². The van der Waals surface area contributed by atoms with Gasteiger partial charge in [0.15, 0.2) is 6.17 Å². The number of rotatable bonds is 2. The van der Waals surface area contributed by atoms with Crippen LogP contribution in [0.4, 0.5) is 0 Å². The van der Waals surface area contributed by atoms with E-state index in [9.17, 15) is 0 Å². The van der Waals surface area contributed by atoms with Gasteiger partial charge in [-0.2, -0.15) is 0 Å². The largest absolute Gasteiger partial charge is 0.455 e. The van der Waals surface area contributed by atoms with Crippen molar-refractivity contribution in [2.75, 3.05) is 0 Å². The van der Waals surface area contributed by atoms with Crippen LogP contribution in [0.1, 0.15) is 42.3 Å². The van der Waals surface area contributed by atoms with E-state index < -0.39 is 6.17 Å². The van der Waals surface area contributed by atoms with E-state index in [0.717, 1.165) is 66.7 Å². The second-order valence-electron chi connectivity index (χ2n) is 13.1. The van der Waals surface area contributed by atoms with Crippen molar-refractivity contribution >= 4 is 55.5 Å². The van der Waals surface area contributed by atoms with Crippen molar-refractivity contribution in [3.63, 3.8) is 0 Å². The Morgan fingerprint density at radius 2 is 1.38 bits per heavy atom. The third-order valence-corrected chi connectivity index (χ3v) is 10.1. The van der Waals surface area contributed by atoms with Crippen molar-refractivity contribution in [1.29, 1.82) is 0 Å². The summed E-state index contributed by atoms with van der Waals surface area (Å²) in [5.41, 5.74) is 11.1. The molecule has 0 saturated carbocycles. The van der Waals surface area contributed by atoms with Gasteiger partial charge in [-0.3, -0.25) is 4.57 Å². The fourth-order valence-corrected chi connectivity index (χ4v) is 7.79. The second-order valence-corrected chi connectivity index (χ2v) is 13.1. The van der Waals surface area contributed by atoms with Crippen molar-refractivity contribution in [2.24, 2.45) is 9.98 Å². The number of amidine groups is 1. The number of aliphatic imine (C=N–C) groups is 2. The van der Waals surface area contributed by atoms with Gasteiger partial charge in [0, 0.05) is 27.1 Å². The minimum atomic E-state index is -0.433. The minimum absolute atomic E-state index is 0.113. The summed E-state index contributed by atoms with van der Waals surface area (Å²) in [5, 5.41) is 8.08. The topological polar surface area (TPSA) is 54.8 Å². The van der Waals surface area contributed by atoms with E-state index in [1.54, 1.807) is 0 Å². The lowest BCUT2D eigenvalue weighted by molar-refractivity contribution is 0.655. The third kappa shape index (κ3) is 3.71. The molecule has 5 heteroatoms. The number of aromatic nitrogens is 1. The van der Waals surface area contributed by atoms with Gasteiger partial charge in [-0.15, -0.1) is 0 Å². The smallest absolute Gasteiger partial charge is 0.211 e. The lowest BCUT2D eigenvalue weighted by atomic mass is 9.82. The summed E-state index contributed by atoms with van der Waals surface area (Å²) in [7, 11) is 0. The van der Waals surface area contributed by atoms with Crippen molar-refractivity contribution in [3.8, 4) is 11.1 Å². The van der Waals surface area contributed by atoms with Gasteiger partial charge in [0.1, 0.15) is 17.0 Å². The zero-order valence-electron chi connectivity index (χ0n) is 26.0. The molecule has 0 fully saturated rings. The van der Waals surface area contributed by atoms with Crippen molar-refractivity contribution in [2.45, 2.75) is 25.4 Å². The third-order valence-electron chi connectivity index (χ3n) is 10.1. The van der Waals surface area contributed by atoms with Crippen LogP contribution in [0.25, 0.3) is 54.9 Å². The number of nitrogens with one attached hydrogen (secondary N) is 1. The molecule has 2 aliphatic rings. The molecule has 3 heterocycles. The molecule has 2 aromatic heterocycles. The van der Waals surface area contributed by atoms with Gasteiger partial charge < -0.3 is 9.73 Å². The predicted octanol–water partition coefficient (Wildman–Crippen LogP) is 9.95. The summed E-state index contributed by atoms with van der Waals surface area (Å²) in [6, 6.07) is 47.0. The number of benzene rings is 6. The molecule has 5 nitrogen and oxygen atoms in total. The highest BCUT2D eigenvalue weighted by Gasteiger charge is 2.36. The molecule has 47 heavy (non-hydrogen) atoms. The maximum absolute atomic E-state index is 6.55. The molecule has 0 amide bonds. The Labute approximate surface area is 271 Å². The van der Waals surface area contributed by atoms with Gasteiger partial charge in [-0.25, -0.2) is 9.98 Å². The first-order valence-corrected chi connectivity index (χ1v) is 16.1. The van der Waals surface area contributed by atoms with Crippen molar-refractivity contribution in [3.05, 3.63) is 156 Å². The Hall–Kier alpha value is -5.94. The van der Waals surface area contributed by atoms with E-state index >= 15 is 0 Å². The number of fused-ring (bicyclic) bond motifs is 10. The summed E-state index contributed by atoms with van der Waals surface area (Å²) in [6.45, 7) is 4.63. The lowest BCUT2D eigenvalue weighted by Crippen LogP contribution is -2.39. The van der Waals surface area contributed by atoms with Crippen LogP contribution in [0.5, 0.6) is 0 Å². The van der Waals surface area contributed by atoms with Gasteiger partial charge in [0.2, 0.25) is 5.96 Å². The normalized spacial score (nSPS) is 16.7. The van der Waals surface area contributed by atoms with E-state index in [1.165, 1.54) is 22.3 Å². The Morgan fingerprint density at radius 3 is 2.28 bits per heavy atom. The van der Waals surface area contributed by atoms with Gasteiger partial charge in [0.25, 0.3) is 0 Å². The Morgan fingerprint density at radius 1 is 0.638 bits per heavy atom. The number of para-hydroxylation sites is 2. The number of hydrogen-bond acceptors (Lipinski definition) is 4. The molecule has 1 unspecified atom stereocenters. The molecule has 0 saturated heterocycles. The molecule has 0 spiro atoms. The first kappa shape index (κ1) is 26.3. The van der Waals surface area contributed by atoms with Gasteiger partial charge in [-0.1, -0.05) is 123 Å². The summed E-state index contributed by atoms with van der Waals surface area (Å²) >= 11 is 0. The molecule has 1 N–H and O–H groups in total. The SMILES string of the molecule is CC1(C)c2ccccc2-c2ccc(C3N=C(c4ccccc4)NC(n4c5ccccc5c5c6oc7ccccc7c6ccc54)=N3)cc21. The lowest BCUT2D eigenvalue weighted by Gasteiger charge is -2.25. The summed E-state index contributed by atoms with van der Waals surface area (Å²) in [5.74, 6) is 1.52. The first-order valence-electron chi connectivity index (χ1n) is 16.1. The van der Waals surface area contributed by atoms with Crippen LogP contribution in [0.3, 0.4) is 0 Å². The highest BCUT2D eigenvalue weighted by Crippen LogP contribution is 2.49. The molecular formula is C42H30N4O. The monoisotopic (exact) mass is 606 g/mol. The molecule has 8 aromatic rings. The summed E-state index contributed by atoms with van der Waals surface area (Å²) in [6.07, 6.45) is -0.433. The molecule has 10 rings (SSSR count). The number of furan rings is 1. The second kappa shape index (κ2) is 9.54. The molecule has 6 aromatic carbocycles. The van der Waals surface area contributed by atoms with E-state index in [2.05, 4.69) is 127 Å². The fraction of sp³-hybridized carbons (Fsp3) is 0.0952. The fourth-order valence-electron chi connectivity index (χ4n) is 7.79. The van der Waals surface area contributed by atoms with Crippen LogP contribution in [0, 0.1) is 0 Å². The van der Waals surface area contributed by atoms with Crippen molar-refractivity contribution in [1.82, 2.24) is 9.88 Å². The molecule has 1 aliphatic heterocycles. The van der Waals surface area contributed by atoms with Crippen LogP contribution < -0.4 is 5.32 Å². The molecule has 0 radical (unpaired) electrons. The molecule has 1 atom stereocenters. The Balaban J connectivity index is 1.20. The highest BCUT2D eigenvalue weighted by atomic mass is 16.3. The molecule has 1 aliphatic carbocycles. The predicted molar refractivity (Wildman–Crippen MR) is 192 cm³/mol. The van der Waals surface area contributed by atoms with E-state index in [1.807, 2.05) is 30.3 Å². The quantitative estimate of drug-likeness (QED) is 0.213. The first-order chi connectivity index (χ1) is 23.1. The van der Waals surface area contributed by atoms with E-state index in [0.29, 0.717) is 0 Å². The Kier molecular flexibility index (Phi) is 5.33. The zero-order chi connectivity index (χ0) is 31.3. The summed E-state index contributed by atoms with van der Waals surface area (Å²) < 4.78 is 8.78. The minimum Gasteiger partial charge on any atom is -0.455 e. The molecule has 0 bridgehead atoms. The summed E-state index contributed by atoms with van der Waals surface area (Å²) in [4.78, 5) is 10.6. The van der Waals surface area contributed by atoms with Crippen LogP contribution >= 0.6 is 0 Å². The van der Waals surface area contributed by atoms with E-state index in [4.69, 9.17) is 14.4 Å².